The number of ketones is 1. The summed E-state index contributed by atoms with van der Waals surface area (Å²) in [7, 11) is 0. The van der Waals surface area contributed by atoms with Crippen LogP contribution in [0.25, 0.3) is 0 Å². The summed E-state index contributed by atoms with van der Waals surface area (Å²) in [5.41, 5.74) is 0.520. The molecule has 0 saturated heterocycles. The lowest BCUT2D eigenvalue weighted by Gasteiger charge is -2.30. The van der Waals surface area contributed by atoms with E-state index in [1.807, 2.05) is 51.1 Å². The van der Waals surface area contributed by atoms with E-state index in [0.29, 0.717) is 19.3 Å². The smallest absolute Gasteiger partial charge is 0.407 e. The highest BCUT2D eigenvalue weighted by Gasteiger charge is 2.31. The van der Waals surface area contributed by atoms with Gasteiger partial charge in [-0.25, -0.2) is 4.79 Å². The third kappa shape index (κ3) is 4.59. The van der Waals surface area contributed by atoms with Gasteiger partial charge in [-0.3, -0.25) is 4.79 Å². The minimum absolute atomic E-state index is 0.0113. The highest BCUT2D eigenvalue weighted by atomic mass is 16.6. The molecule has 2 rings (SSSR count). The summed E-state index contributed by atoms with van der Waals surface area (Å²) in [6.45, 7) is 5.51. The molecule has 1 aromatic carbocycles. The summed E-state index contributed by atoms with van der Waals surface area (Å²) in [6, 6.07) is 9.74. The lowest BCUT2D eigenvalue weighted by Crippen LogP contribution is -2.42. The van der Waals surface area contributed by atoms with E-state index in [1.165, 1.54) is 0 Å². The summed E-state index contributed by atoms with van der Waals surface area (Å²) in [5, 5.41) is 2.88. The van der Waals surface area contributed by atoms with E-state index in [4.69, 9.17) is 4.74 Å². The van der Waals surface area contributed by atoms with Crippen LogP contribution in [0.15, 0.2) is 30.3 Å². The van der Waals surface area contributed by atoms with Crippen molar-refractivity contribution < 1.29 is 14.3 Å². The molecule has 4 nitrogen and oxygen atoms in total. The van der Waals surface area contributed by atoms with Crippen molar-refractivity contribution in [3.05, 3.63) is 35.9 Å². The first-order chi connectivity index (χ1) is 9.85. The molecule has 0 heterocycles. The van der Waals surface area contributed by atoms with Crippen molar-refractivity contribution in [2.45, 2.75) is 57.6 Å². The predicted octanol–water partition coefficient (Wildman–Crippen LogP) is 3.42. The van der Waals surface area contributed by atoms with Gasteiger partial charge >= 0.3 is 6.09 Å². The Morgan fingerprint density at radius 1 is 1.24 bits per heavy atom. The molecule has 2 atom stereocenters. The number of carbonyl (C=O) groups excluding carboxylic acids is 2. The Hall–Kier alpha value is -1.84. The Labute approximate surface area is 125 Å². The zero-order valence-corrected chi connectivity index (χ0v) is 12.9. The number of rotatable bonds is 2. The number of Topliss-reactive ketones (excluding diaryl/α,β-unsaturated/α-hetero) is 1. The lowest BCUT2D eigenvalue weighted by molar-refractivity contribution is -0.122. The predicted molar refractivity (Wildman–Crippen MR) is 81.2 cm³/mol. The zero-order chi connectivity index (χ0) is 15.5. The van der Waals surface area contributed by atoms with Gasteiger partial charge in [-0.2, -0.15) is 0 Å². The van der Waals surface area contributed by atoms with Crippen LogP contribution in [0.1, 0.15) is 51.5 Å². The second kappa shape index (κ2) is 6.29. The topological polar surface area (TPSA) is 55.4 Å². The van der Waals surface area contributed by atoms with Crippen molar-refractivity contribution in [2.24, 2.45) is 0 Å². The zero-order valence-electron chi connectivity index (χ0n) is 12.9. The van der Waals surface area contributed by atoms with Crippen LogP contribution in [0.5, 0.6) is 0 Å². The third-order valence-electron chi connectivity index (χ3n) is 3.57. The molecule has 1 aliphatic rings. The molecule has 1 aliphatic carbocycles. The van der Waals surface area contributed by atoms with Crippen LogP contribution in [0.3, 0.4) is 0 Å². The molecule has 0 bridgehead atoms. The van der Waals surface area contributed by atoms with Crippen LogP contribution >= 0.6 is 0 Å². The Bertz CT molecular complexity index is 505. The Morgan fingerprint density at radius 3 is 2.52 bits per heavy atom. The third-order valence-corrected chi connectivity index (χ3v) is 3.57. The van der Waals surface area contributed by atoms with Crippen LogP contribution in [0.2, 0.25) is 0 Å². The van der Waals surface area contributed by atoms with Crippen LogP contribution in [0, 0.1) is 0 Å². The summed E-state index contributed by atoms with van der Waals surface area (Å²) in [5.74, 6) is 0.128. The number of hydrogen-bond acceptors (Lipinski definition) is 3. The van der Waals surface area contributed by atoms with Gasteiger partial charge in [-0.05, 0) is 39.2 Å². The van der Waals surface area contributed by atoms with Crippen molar-refractivity contribution in [1.29, 1.82) is 0 Å². The highest BCUT2D eigenvalue weighted by Crippen LogP contribution is 2.30. The monoisotopic (exact) mass is 289 g/mol. The molecule has 0 aromatic heterocycles. The first-order valence-electron chi connectivity index (χ1n) is 7.42. The van der Waals surface area contributed by atoms with Crippen molar-refractivity contribution >= 4 is 11.9 Å². The SMILES string of the molecule is CC(C)(C)OC(=O)N[C@@H]1CCC(=O)[C@H](c2ccccc2)C1. The molecule has 1 amide bonds. The minimum atomic E-state index is -0.507. The Kier molecular flexibility index (Phi) is 4.66. The normalized spacial score (nSPS) is 22.7. The fourth-order valence-corrected chi connectivity index (χ4v) is 2.64. The fourth-order valence-electron chi connectivity index (χ4n) is 2.64. The van der Waals surface area contributed by atoms with E-state index >= 15 is 0 Å². The van der Waals surface area contributed by atoms with Crippen LogP contribution in [-0.4, -0.2) is 23.5 Å². The second-order valence-corrected chi connectivity index (χ2v) is 6.55. The molecule has 4 heteroatoms. The van der Waals surface area contributed by atoms with Crippen LogP contribution < -0.4 is 5.32 Å². The molecule has 114 valence electrons. The van der Waals surface area contributed by atoms with Gasteiger partial charge in [0, 0.05) is 18.4 Å². The van der Waals surface area contributed by atoms with E-state index in [9.17, 15) is 9.59 Å². The van der Waals surface area contributed by atoms with E-state index in [-0.39, 0.29) is 17.7 Å². The van der Waals surface area contributed by atoms with E-state index < -0.39 is 11.7 Å². The molecule has 0 radical (unpaired) electrons. The first-order valence-corrected chi connectivity index (χ1v) is 7.42. The first kappa shape index (κ1) is 15.5. The van der Waals surface area contributed by atoms with Crippen LogP contribution in [-0.2, 0) is 9.53 Å². The summed E-state index contributed by atoms with van der Waals surface area (Å²) < 4.78 is 5.27. The average Bonchev–Trinajstić information content (AvgIpc) is 2.40. The molecular formula is C17H23NO3. The van der Waals surface area contributed by atoms with E-state index in [0.717, 1.165) is 5.56 Å². The van der Waals surface area contributed by atoms with E-state index in [2.05, 4.69) is 5.32 Å². The van der Waals surface area contributed by atoms with Crippen molar-refractivity contribution in [3.8, 4) is 0 Å². The lowest BCUT2D eigenvalue weighted by atomic mass is 9.80. The van der Waals surface area contributed by atoms with Gasteiger partial charge in [0.25, 0.3) is 0 Å². The maximum atomic E-state index is 12.1. The van der Waals surface area contributed by atoms with Gasteiger partial charge in [0.1, 0.15) is 11.4 Å². The van der Waals surface area contributed by atoms with Gasteiger partial charge in [0.2, 0.25) is 0 Å². The number of hydrogen-bond donors (Lipinski definition) is 1. The number of amides is 1. The van der Waals surface area contributed by atoms with Crippen molar-refractivity contribution in [2.75, 3.05) is 0 Å². The highest BCUT2D eigenvalue weighted by molar-refractivity contribution is 5.86. The summed E-state index contributed by atoms with van der Waals surface area (Å²) >= 11 is 0. The minimum Gasteiger partial charge on any atom is -0.444 e. The molecule has 1 aromatic rings. The summed E-state index contributed by atoms with van der Waals surface area (Å²) in [6.07, 6.45) is 1.41. The maximum Gasteiger partial charge on any atom is 0.407 e. The standard InChI is InChI=1S/C17H23NO3/c1-17(2,3)21-16(20)18-13-9-10-15(19)14(11-13)12-7-5-4-6-8-12/h4-8,13-14H,9-11H2,1-3H3,(H,18,20)/t13-,14+/m1/s1. The fraction of sp³-hybridized carbons (Fsp3) is 0.529. The molecule has 1 fully saturated rings. The van der Waals surface area contributed by atoms with Gasteiger partial charge in [0.15, 0.2) is 0 Å². The number of nitrogens with one attached hydrogen (secondary N) is 1. The molecule has 1 saturated carbocycles. The summed E-state index contributed by atoms with van der Waals surface area (Å²) in [4.78, 5) is 23.9. The molecule has 1 N–H and O–H groups in total. The Balaban J connectivity index is 1.98. The van der Waals surface area contributed by atoms with Gasteiger partial charge in [0.05, 0.1) is 0 Å². The molecule has 0 unspecified atom stereocenters. The van der Waals surface area contributed by atoms with E-state index in [1.54, 1.807) is 0 Å². The Morgan fingerprint density at radius 2 is 1.90 bits per heavy atom. The maximum absolute atomic E-state index is 12.1. The average molecular weight is 289 g/mol. The molecule has 21 heavy (non-hydrogen) atoms. The number of alkyl carbamates (subject to hydrolysis) is 1. The number of carbonyl (C=O) groups is 2. The van der Waals surface area contributed by atoms with Crippen molar-refractivity contribution in [3.63, 3.8) is 0 Å². The van der Waals surface area contributed by atoms with Crippen molar-refractivity contribution in [1.82, 2.24) is 5.32 Å². The quantitative estimate of drug-likeness (QED) is 0.907. The second-order valence-electron chi connectivity index (χ2n) is 6.55. The molecular weight excluding hydrogens is 266 g/mol. The molecule has 0 spiro atoms. The largest absolute Gasteiger partial charge is 0.444 e. The van der Waals surface area contributed by atoms with Gasteiger partial charge < -0.3 is 10.1 Å². The van der Waals surface area contributed by atoms with Gasteiger partial charge in [-0.15, -0.1) is 0 Å². The number of benzene rings is 1. The van der Waals surface area contributed by atoms with Gasteiger partial charge in [-0.1, -0.05) is 30.3 Å². The molecule has 0 aliphatic heterocycles. The number of ether oxygens (including phenoxy) is 1. The van der Waals surface area contributed by atoms with Crippen LogP contribution in [0.4, 0.5) is 4.79 Å².